The number of rotatable bonds is 41. The van der Waals surface area contributed by atoms with E-state index in [0.717, 1.165) is 24.2 Å². The van der Waals surface area contributed by atoms with Crippen LogP contribution in [-0.2, 0) is 56.6 Å². The van der Waals surface area contributed by atoms with Crippen molar-refractivity contribution in [1.82, 2.24) is 42.1 Å². The summed E-state index contributed by atoms with van der Waals surface area (Å²) in [5.41, 5.74) is 25.6. The molecule has 4 aromatic rings. The maximum Gasteiger partial charge on any atom is 0.343 e. The van der Waals surface area contributed by atoms with Crippen molar-refractivity contribution in [3.8, 4) is 5.75 Å². The summed E-state index contributed by atoms with van der Waals surface area (Å²) in [6.07, 6.45) is 9.29. The van der Waals surface area contributed by atoms with Gasteiger partial charge in [-0.3, -0.25) is 48.6 Å². The van der Waals surface area contributed by atoms with Gasteiger partial charge in [-0.1, -0.05) is 46.2 Å². The van der Waals surface area contributed by atoms with Crippen molar-refractivity contribution in [2.45, 2.75) is 186 Å². The first-order valence-electron chi connectivity index (χ1n) is 34.5. The van der Waals surface area contributed by atoms with Crippen LogP contribution in [0.15, 0.2) is 91.0 Å². The number of aliphatic carboxylic acids is 1. The third-order valence-corrected chi connectivity index (χ3v) is 18.0. The Morgan fingerprint density at radius 1 is 0.772 bits per heavy atom. The number of aliphatic imine (C=N–C) groups is 2. The number of pyridine rings is 1. The molecule has 0 radical (unpaired) electrons. The number of aromatic hydroxyl groups is 1. The minimum absolute atomic E-state index is 0.0401. The highest BCUT2D eigenvalue weighted by Gasteiger charge is 2.40. The normalized spacial score (nSPS) is 15.0. The van der Waals surface area contributed by atoms with E-state index >= 15 is 0 Å². The van der Waals surface area contributed by atoms with Gasteiger partial charge in [0.15, 0.2) is 23.0 Å². The number of nitrogens with one attached hydrogen (secondary N) is 7. The number of guanidine groups is 2. The SMILES string of the molecule is CC[C@H](C)[C@H](NC(=O)[C@H](Cc1ccc(O)cc1)NC(=O)[C@@H]1CCCN1C(=O)[C@H](CCCN=C(N)N)NC(=O)[C@@H](N)CCCN=C(N)NC(=O)NCCCCNC(=O)CCCCC[n+]1cc(S(=O)(=O)O)ccc1C=Cc1cc2ccc(N(CC)CC)cc2oc1=O)C(=O)N[C@@H](CC(C)C)C(=O)O. The number of carboxylic acids is 1. The fourth-order valence-electron chi connectivity index (χ4n) is 11.4. The quantitative estimate of drug-likeness (QED) is 0.00758. The van der Waals surface area contributed by atoms with Crippen LogP contribution < -0.4 is 75.2 Å². The first-order chi connectivity index (χ1) is 48.0. The van der Waals surface area contributed by atoms with E-state index < -0.39 is 99.4 Å². The van der Waals surface area contributed by atoms with Crippen LogP contribution in [0.2, 0.25) is 0 Å². The van der Waals surface area contributed by atoms with Crippen LogP contribution in [0.25, 0.3) is 23.1 Å². The Bertz CT molecular complexity index is 3730. The maximum absolute atomic E-state index is 14.5. The number of carbonyl (C=O) groups is 8. The Hall–Kier alpha value is -9.69. The van der Waals surface area contributed by atoms with E-state index in [9.17, 15) is 66.3 Å². The number of likely N-dealkylation sites (tertiary alicyclic amines) is 1. The molecule has 0 bridgehead atoms. The Balaban J connectivity index is 1.05. The van der Waals surface area contributed by atoms with Crippen LogP contribution in [0, 0.1) is 11.8 Å². The Labute approximate surface area is 589 Å². The monoisotopic (exact) mass is 1430 g/mol. The number of aryl methyl sites for hydroxylation is 1. The minimum atomic E-state index is -4.51. The zero-order valence-electron chi connectivity index (χ0n) is 58.6. The summed E-state index contributed by atoms with van der Waals surface area (Å²) in [5, 5.41) is 39.4. The van der Waals surface area contributed by atoms with Crippen LogP contribution in [0.5, 0.6) is 5.75 Å². The molecule has 5 rings (SSSR count). The lowest BCUT2D eigenvalue weighted by Crippen LogP contribution is -2.60. The summed E-state index contributed by atoms with van der Waals surface area (Å²) in [5.74, 6) is -5.78. The number of nitrogens with zero attached hydrogens (tertiary/aromatic N) is 5. The van der Waals surface area contributed by atoms with Crippen molar-refractivity contribution in [2.75, 3.05) is 50.7 Å². The van der Waals surface area contributed by atoms with Crippen molar-refractivity contribution < 1.29 is 70.5 Å². The van der Waals surface area contributed by atoms with Gasteiger partial charge >= 0.3 is 17.6 Å². The fraction of sp³-hybridized carbons (Fsp3) is 0.536. The number of hydrogen-bond acceptors (Lipinski definition) is 17. The number of benzene rings is 2. The average Bonchev–Trinajstić information content (AvgIpc) is 1.18. The molecule has 1 aliphatic heterocycles. The van der Waals surface area contributed by atoms with Crippen molar-refractivity contribution in [3.05, 3.63) is 94.1 Å². The third-order valence-electron chi connectivity index (χ3n) is 17.2. The van der Waals surface area contributed by atoms with E-state index in [1.54, 1.807) is 48.8 Å². The zero-order valence-corrected chi connectivity index (χ0v) is 59.4. The van der Waals surface area contributed by atoms with Crippen molar-refractivity contribution in [1.29, 1.82) is 0 Å². The van der Waals surface area contributed by atoms with Crippen molar-refractivity contribution in [3.63, 3.8) is 0 Å². The number of urea groups is 1. The molecular weight excluding hydrogens is 1320 g/mol. The Morgan fingerprint density at radius 3 is 2.12 bits per heavy atom. The largest absolute Gasteiger partial charge is 0.508 e. The van der Waals surface area contributed by atoms with E-state index in [1.807, 2.05) is 45.9 Å². The number of carbonyl (C=O) groups excluding carboxylic acids is 7. The number of hydrogen-bond donors (Lipinski definition) is 14. The molecule has 0 saturated carbocycles. The summed E-state index contributed by atoms with van der Waals surface area (Å²) >= 11 is 0. The van der Waals surface area contributed by atoms with Crippen molar-refractivity contribution in [2.24, 2.45) is 44.8 Å². The van der Waals surface area contributed by atoms with Crippen LogP contribution in [-0.4, -0.2) is 170 Å². The molecule has 1 saturated heterocycles. The van der Waals surface area contributed by atoms with Gasteiger partial charge in [0.1, 0.15) is 48.1 Å². The molecule has 1 fully saturated rings. The van der Waals surface area contributed by atoms with Crippen LogP contribution in [0.3, 0.4) is 0 Å². The highest BCUT2D eigenvalue weighted by molar-refractivity contribution is 7.85. The molecule has 18 N–H and O–H groups in total. The summed E-state index contributed by atoms with van der Waals surface area (Å²) in [4.78, 5) is 132. The summed E-state index contributed by atoms with van der Waals surface area (Å²) in [7, 11) is -4.51. The zero-order chi connectivity index (χ0) is 74.3. The molecule has 101 heavy (non-hydrogen) atoms. The second-order valence-corrected chi connectivity index (χ2v) is 26.9. The topological polar surface area (TPSA) is 485 Å². The number of phenolic OH excluding ortho intramolecular Hbond substituents is 1. The highest BCUT2D eigenvalue weighted by atomic mass is 32.2. The lowest BCUT2D eigenvalue weighted by atomic mass is 9.96. The minimum Gasteiger partial charge on any atom is -0.508 e. The molecule has 0 unspecified atom stereocenters. The predicted molar refractivity (Wildman–Crippen MR) is 383 cm³/mol. The van der Waals surface area contributed by atoms with Crippen molar-refractivity contribution >= 4 is 98.3 Å². The molecule has 32 heteroatoms. The molecule has 3 heterocycles. The van der Waals surface area contributed by atoms with Gasteiger partial charge < -0.3 is 79.3 Å². The number of carboxylic acid groups (broad SMARTS) is 1. The smallest absolute Gasteiger partial charge is 0.343 e. The fourth-order valence-corrected chi connectivity index (χ4v) is 11.9. The molecule has 8 amide bonds. The number of unbranched alkanes of at least 4 members (excludes halogenated alkanes) is 3. The van der Waals surface area contributed by atoms with Crippen LogP contribution in [0.4, 0.5) is 10.5 Å². The van der Waals surface area contributed by atoms with Gasteiger partial charge in [0, 0.05) is 94.4 Å². The van der Waals surface area contributed by atoms with E-state index in [1.165, 1.54) is 35.4 Å². The molecule has 0 aliphatic carbocycles. The molecule has 0 spiro atoms. The number of phenols is 1. The summed E-state index contributed by atoms with van der Waals surface area (Å²) in [6, 6.07) is 8.40. The second kappa shape index (κ2) is 41.1. The van der Waals surface area contributed by atoms with Gasteiger partial charge in [-0.2, -0.15) is 13.0 Å². The standard InChI is InChI=1S/C69H102N16O15S/c1-7-44(6)59(63(91)80-55(65(93)94)38-43(4)5)81-61(89)54(39-45-22-29-50(86)30-23-45)79-62(90)56-20-17-37-85(56)64(92)53(19-16-34-75-67(71)72)78-60(88)52(70)18-15-35-76-68(73)82-69(96)77-33-13-12-32-74-58(87)21-11-10-14-36-84-42-51(101(97,98)99)31-28-48(84)26-25-47-40-46-24-27-49(83(8-2)9-3)41-57(46)100-66(47)95/h22-31,40-44,52-56,59H,7-21,32-39,70H2,1-6H3,(H15-,71,72,73,74,75,76,77,78,79,80,81,82,86,87,88,89,90,91,93,94,96,97,98,99)/p+1/t44-,52-,53-,54-,55-,56-,59-/m0/s1. The number of aromatic nitrogens is 1. The molecule has 2 aromatic heterocycles. The van der Waals surface area contributed by atoms with Gasteiger partial charge in [0.2, 0.25) is 41.1 Å². The van der Waals surface area contributed by atoms with Crippen LogP contribution >= 0.6 is 0 Å². The van der Waals surface area contributed by atoms with E-state index in [2.05, 4.69) is 52.1 Å². The first kappa shape index (κ1) is 82.0. The number of nitrogens with two attached hydrogens (primary N) is 4. The number of fused-ring (bicyclic) bond motifs is 1. The van der Waals surface area contributed by atoms with Crippen LogP contribution in [0.1, 0.15) is 148 Å². The molecule has 2 aromatic carbocycles. The molecule has 1 aliphatic rings. The number of amides is 8. The number of anilines is 1. The molecule has 554 valence electrons. The maximum atomic E-state index is 14.5. The van der Waals surface area contributed by atoms with Gasteiger partial charge in [-0.05, 0) is 144 Å². The van der Waals surface area contributed by atoms with Gasteiger partial charge in [-0.25, -0.2) is 14.4 Å². The highest BCUT2D eigenvalue weighted by Crippen LogP contribution is 2.24. The lowest BCUT2D eigenvalue weighted by molar-refractivity contribution is -0.700. The lowest BCUT2D eigenvalue weighted by Gasteiger charge is -2.31. The molecular formula is C69H103N16O15S+. The summed E-state index contributed by atoms with van der Waals surface area (Å²) in [6.45, 7) is 14.1. The summed E-state index contributed by atoms with van der Waals surface area (Å²) < 4.78 is 41.2. The van der Waals surface area contributed by atoms with Gasteiger partial charge in [-0.15, -0.1) is 0 Å². The third kappa shape index (κ3) is 27.4. The van der Waals surface area contributed by atoms with E-state index in [4.69, 9.17) is 27.4 Å². The van der Waals surface area contributed by atoms with E-state index in [-0.39, 0.29) is 112 Å². The second-order valence-electron chi connectivity index (χ2n) is 25.5. The van der Waals surface area contributed by atoms with E-state index in [0.29, 0.717) is 80.4 Å². The Morgan fingerprint density at radius 2 is 1.46 bits per heavy atom. The molecule has 7 atom stereocenters. The Kier molecular flexibility index (Phi) is 33.4. The first-order valence-corrected chi connectivity index (χ1v) is 35.9. The predicted octanol–water partition coefficient (Wildman–Crippen LogP) is 2.63. The molecule has 31 nitrogen and oxygen atoms in total. The van der Waals surface area contributed by atoms with Gasteiger partial charge in [0.05, 0.1) is 11.6 Å². The average molecular weight is 1430 g/mol. The van der Waals surface area contributed by atoms with Gasteiger partial charge in [0.25, 0.3) is 10.1 Å².